The number of alkyl halides is 5. The highest BCUT2D eigenvalue weighted by molar-refractivity contribution is 6.67. The molecule has 31 heavy (non-hydrogen) atoms. The number of rotatable bonds is 7. The van der Waals surface area contributed by atoms with Gasteiger partial charge in [-0.3, -0.25) is 9.59 Å². The molecule has 0 aromatic carbocycles. The number of hydrogen-bond donors (Lipinski definition) is 0. The Morgan fingerprint density at radius 1 is 1.06 bits per heavy atom. The van der Waals surface area contributed by atoms with E-state index >= 15 is 0 Å². The Kier molecular flexibility index (Phi) is 8.47. The fourth-order valence-corrected chi connectivity index (χ4v) is 3.95. The molecule has 0 aromatic heterocycles. The minimum absolute atomic E-state index is 0.189. The van der Waals surface area contributed by atoms with Crippen LogP contribution in [-0.2, 0) is 47.5 Å². The SMILES string of the molecule is CC(=O)O[C@@H]1[C@H]2O[C@@H](C(Cl)(Cl)Cl)O[C@H]2O[C@@H]1[C@@H](COC1(C(Cl)Cl)OCCO1)OC(C)=O. The van der Waals surface area contributed by atoms with Crippen molar-refractivity contribution >= 4 is 69.9 Å². The minimum atomic E-state index is -1.92. The maximum atomic E-state index is 11.7. The van der Waals surface area contributed by atoms with Gasteiger partial charge in [0.25, 0.3) is 0 Å². The molecule has 3 aliphatic heterocycles. The van der Waals surface area contributed by atoms with Crippen LogP contribution in [0.25, 0.3) is 0 Å². The molecule has 0 bridgehead atoms. The third-order valence-corrected chi connectivity index (χ3v) is 5.47. The van der Waals surface area contributed by atoms with Gasteiger partial charge in [-0.25, -0.2) is 0 Å². The molecule has 0 N–H and O–H groups in total. The van der Waals surface area contributed by atoms with E-state index in [-0.39, 0.29) is 19.8 Å². The topological polar surface area (TPSA) is 108 Å². The third-order valence-electron chi connectivity index (χ3n) is 4.40. The first kappa shape index (κ1) is 25.8. The standard InChI is InChI=1S/C16H19Cl5O10/c1-6(22)27-8(5-26-16(13(17)18)24-3-4-25-16)9-10(28-7(2)23)11-12(29-9)31-14(30-11)15(19,20)21/h8-14H,3-5H2,1-2H3/t8-,9-,10+,11-,12-,14-/m1/s1. The Morgan fingerprint density at radius 3 is 2.23 bits per heavy atom. The largest absolute Gasteiger partial charge is 0.457 e. The molecule has 0 saturated carbocycles. The molecule has 0 aliphatic carbocycles. The van der Waals surface area contributed by atoms with Crippen LogP contribution in [0.2, 0.25) is 0 Å². The first-order valence-electron chi connectivity index (χ1n) is 9.00. The van der Waals surface area contributed by atoms with Crippen LogP contribution in [0.15, 0.2) is 0 Å². The van der Waals surface area contributed by atoms with Crippen molar-refractivity contribution in [3.63, 3.8) is 0 Å². The smallest absolute Gasteiger partial charge is 0.315 e. The molecule has 0 radical (unpaired) electrons. The zero-order chi connectivity index (χ0) is 23.0. The average Bonchev–Trinajstić information content (AvgIpc) is 3.34. The number of carbonyl (C=O) groups excluding carboxylic acids is 2. The predicted molar refractivity (Wildman–Crippen MR) is 106 cm³/mol. The molecule has 3 saturated heterocycles. The lowest BCUT2D eigenvalue weighted by atomic mass is 10.1. The van der Waals surface area contributed by atoms with Crippen LogP contribution in [0.5, 0.6) is 0 Å². The molecule has 3 fully saturated rings. The maximum Gasteiger partial charge on any atom is 0.315 e. The van der Waals surface area contributed by atoms with Gasteiger partial charge in [-0.2, -0.15) is 0 Å². The number of carbonyl (C=O) groups is 2. The summed E-state index contributed by atoms with van der Waals surface area (Å²) in [5, 5.41) is 0. The molecule has 0 aromatic rings. The average molecular weight is 549 g/mol. The summed E-state index contributed by atoms with van der Waals surface area (Å²) in [6.07, 6.45) is -6.59. The molecule has 3 rings (SSSR count). The number of fused-ring (bicyclic) bond motifs is 1. The summed E-state index contributed by atoms with van der Waals surface area (Å²) >= 11 is 29.3. The zero-order valence-electron chi connectivity index (χ0n) is 16.1. The van der Waals surface area contributed by atoms with Gasteiger partial charge in [0, 0.05) is 13.8 Å². The van der Waals surface area contributed by atoms with E-state index in [0.29, 0.717) is 0 Å². The van der Waals surface area contributed by atoms with E-state index in [1.165, 1.54) is 13.8 Å². The van der Waals surface area contributed by atoms with E-state index in [1.54, 1.807) is 0 Å². The van der Waals surface area contributed by atoms with Crippen molar-refractivity contribution in [2.24, 2.45) is 0 Å². The lowest BCUT2D eigenvalue weighted by Gasteiger charge is -2.33. The van der Waals surface area contributed by atoms with Crippen LogP contribution in [-0.4, -0.2) is 83.4 Å². The third kappa shape index (κ3) is 5.99. The lowest BCUT2D eigenvalue weighted by Crippen LogP contribution is -2.49. The minimum Gasteiger partial charge on any atom is -0.457 e. The second-order valence-electron chi connectivity index (χ2n) is 6.71. The first-order valence-corrected chi connectivity index (χ1v) is 11.0. The molecule has 10 nitrogen and oxygen atoms in total. The zero-order valence-corrected chi connectivity index (χ0v) is 19.9. The highest BCUT2D eigenvalue weighted by Gasteiger charge is 2.60. The Morgan fingerprint density at radius 2 is 1.71 bits per heavy atom. The summed E-state index contributed by atoms with van der Waals surface area (Å²) in [6, 6.07) is 0. The molecule has 3 heterocycles. The summed E-state index contributed by atoms with van der Waals surface area (Å²) in [5.41, 5.74) is 0. The van der Waals surface area contributed by atoms with E-state index in [4.69, 9.17) is 95.9 Å². The van der Waals surface area contributed by atoms with Crippen LogP contribution in [0, 0.1) is 0 Å². The molecular weight excluding hydrogens is 529 g/mol. The fourth-order valence-electron chi connectivity index (χ4n) is 3.27. The van der Waals surface area contributed by atoms with Crippen LogP contribution >= 0.6 is 58.0 Å². The fraction of sp³-hybridized carbons (Fsp3) is 0.875. The molecule has 0 amide bonds. The van der Waals surface area contributed by atoms with Gasteiger partial charge in [0.1, 0.15) is 6.10 Å². The van der Waals surface area contributed by atoms with E-state index < -0.39 is 63.5 Å². The number of esters is 2. The maximum absolute atomic E-state index is 11.7. The summed E-state index contributed by atoms with van der Waals surface area (Å²) in [7, 11) is 0. The van der Waals surface area contributed by atoms with Gasteiger partial charge in [-0.05, 0) is 0 Å². The first-order chi connectivity index (χ1) is 14.4. The highest BCUT2D eigenvalue weighted by Crippen LogP contribution is 2.44. The molecule has 6 atom stereocenters. The van der Waals surface area contributed by atoms with Crippen molar-refractivity contribution in [1.29, 1.82) is 0 Å². The number of hydrogen-bond acceptors (Lipinski definition) is 10. The van der Waals surface area contributed by atoms with Gasteiger partial charge in [0.15, 0.2) is 29.4 Å². The molecule has 178 valence electrons. The Labute approximate surface area is 202 Å². The van der Waals surface area contributed by atoms with Gasteiger partial charge in [0.05, 0.1) is 19.8 Å². The second kappa shape index (κ2) is 10.2. The lowest BCUT2D eigenvalue weighted by molar-refractivity contribution is -0.332. The summed E-state index contributed by atoms with van der Waals surface area (Å²) < 4.78 is 42.0. The van der Waals surface area contributed by atoms with Crippen molar-refractivity contribution in [3.05, 3.63) is 0 Å². The molecule has 15 heteroatoms. The second-order valence-corrected chi connectivity index (χ2v) is 10.2. The van der Waals surface area contributed by atoms with Crippen LogP contribution in [0.3, 0.4) is 0 Å². The van der Waals surface area contributed by atoms with E-state index in [9.17, 15) is 9.59 Å². The molecule has 0 unspecified atom stereocenters. The predicted octanol–water partition coefficient (Wildman–Crippen LogP) is 2.21. The van der Waals surface area contributed by atoms with Crippen molar-refractivity contribution in [3.8, 4) is 0 Å². The summed E-state index contributed by atoms with van der Waals surface area (Å²) in [4.78, 5) is 22.2. The Hall–Kier alpha value is 0.150. The molecule has 0 spiro atoms. The van der Waals surface area contributed by atoms with E-state index in [0.717, 1.165) is 0 Å². The number of ether oxygens (including phenoxy) is 8. The van der Waals surface area contributed by atoms with Crippen molar-refractivity contribution in [2.75, 3.05) is 19.8 Å². The number of halogens is 5. The van der Waals surface area contributed by atoms with Gasteiger partial charge >= 0.3 is 17.9 Å². The van der Waals surface area contributed by atoms with Gasteiger partial charge in [0.2, 0.25) is 10.1 Å². The highest BCUT2D eigenvalue weighted by atomic mass is 35.6. The molecular formula is C16H19Cl5O10. The van der Waals surface area contributed by atoms with Crippen LogP contribution < -0.4 is 0 Å². The molecule has 3 aliphatic rings. The van der Waals surface area contributed by atoms with Crippen LogP contribution in [0.1, 0.15) is 13.8 Å². The summed E-state index contributed by atoms with van der Waals surface area (Å²) in [5.74, 6) is -3.07. The summed E-state index contributed by atoms with van der Waals surface area (Å²) in [6.45, 7) is 2.40. The quantitative estimate of drug-likeness (QED) is 0.347. The Balaban J connectivity index is 1.78. The van der Waals surface area contributed by atoms with Gasteiger partial charge in [-0.1, -0.05) is 58.0 Å². The van der Waals surface area contributed by atoms with E-state index in [1.807, 2.05) is 0 Å². The van der Waals surface area contributed by atoms with Gasteiger partial charge in [-0.15, -0.1) is 0 Å². The monoisotopic (exact) mass is 546 g/mol. The van der Waals surface area contributed by atoms with E-state index in [2.05, 4.69) is 0 Å². The van der Waals surface area contributed by atoms with Crippen molar-refractivity contribution < 1.29 is 47.5 Å². The van der Waals surface area contributed by atoms with Crippen molar-refractivity contribution in [1.82, 2.24) is 0 Å². The van der Waals surface area contributed by atoms with Gasteiger partial charge < -0.3 is 37.9 Å². The van der Waals surface area contributed by atoms with Crippen molar-refractivity contribution in [2.45, 2.75) is 65.4 Å². The normalized spacial score (nSPS) is 33.4. The van der Waals surface area contributed by atoms with Crippen LogP contribution in [0.4, 0.5) is 0 Å². The Bertz CT molecular complexity index is 668.